The van der Waals surface area contributed by atoms with Gasteiger partial charge in [0, 0.05) is 12.3 Å². The number of thioether (sulfide) groups is 1. The summed E-state index contributed by atoms with van der Waals surface area (Å²) in [6.07, 6.45) is 1.95. The fourth-order valence-corrected chi connectivity index (χ4v) is 1.40. The predicted molar refractivity (Wildman–Crippen MR) is 58.0 cm³/mol. The maximum atomic E-state index is 13.4. The van der Waals surface area contributed by atoms with Gasteiger partial charge in [-0.1, -0.05) is 6.07 Å². The number of rotatable bonds is 4. The second kappa shape index (κ2) is 5.20. The van der Waals surface area contributed by atoms with Crippen LogP contribution in [0, 0.1) is 18.6 Å². The summed E-state index contributed by atoms with van der Waals surface area (Å²) in [5.74, 6) is -0.201. The van der Waals surface area contributed by atoms with Gasteiger partial charge in [0.1, 0.15) is 11.5 Å². The first-order valence-electron chi connectivity index (χ1n) is 4.34. The van der Waals surface area contributed by atoms with Crippen molar-refractivity contribution in [2.75, 3.05) is 23.9 Å². The Morgan fingerprint density at radius 2 is 2.07 bits per heavy atom. The molecule has 78 valence electrons. The van der Waals surface area contributed by atoms with Crippen molar-refractivity contribution in [2.24, 2.45) is 0 Å². The van der Waals surface area contributed by atoms with Gasteiger partial charge in [-0.3, -0.25) is 0 Å². The Balaban J connectivity index is 2.79. The van der Waals surface area contributed by atoms with Crippen molar-refractivity contribution in [1.82, 2.24) is 0 Å². The molecule has 0 amide bonds. The van der Waals surface area contributed by atoms with E-state index in [0.29, 0.717) is 12.1 Å². The van der Waals surface area contributed by atoms with Crippen molar-refractivity contribution in [2.45, 2.75) is 6.92 Å². The number of hydrogen-bond donors (Lipinski definition) is 1. The van der Waals surface area contributed by atoms with Crippen molar-refractivity contribution in [1.29, 1.82) is 0 Å². The third kappa shape index (κ3) is 2.61. The Hall–Kier alpha value is -0.770. The zero-order chi connectivity index (χ0) is 10.6. The second-order valence-corrected chi connectivity index (χ2v) is 3.96. The monoisotopic (exact) mass is 217 g/mol. The predicted octanol–water partition coefficient (Wildman–Crippen LogP) is 3.05. The fourth-order valence-electron chi connectivity index (χ4n) is 1.10. The van der Waals surface area contributed by atoms with E-state index in [1.54, 1.807) is 18.7 Å². The Kier molecular flexibility index (Phi) is 4.20. The van der Waals surface area contributed by atoms with E-state index in [4.69, 9.17) is 0 Å². The van der Waals surface area contributed by atoms with Crippen LogP contribution in [-0.2, 0) is 0 Å². The van der Waals surface area contributed by atoms with Gasteiger partial charge in [0.15, 0.2) is 5.82 Å². The van der Waals surface area contributed by atoms with E-state index in [2.05, 4.69) is 5.32 Å². The smallest absolute Gasteiger partial charge is 0.152 e. The minimum atomic E-state index is -0.533. The van der Waals surface area contributed by atoms with E-state index in [-0.39, 0.29) is 5.69 Å². The third-order valence-electron chi connectivity index (χ3n) is 1.89. The van der Waals surface area contributed by atoms with Crippen molar-refractivity contribution < 1.29 is 8.78 Å². The van der Waals surface area contributed by atoms with Crippen LogP contribution < -0.4 is 5.32 Å². The molecular formula is C10H13F2NS. The number of halogens is 2. The highest BCUT2D eigenvalue weighted by Gasteiger charge is 2.09. The molecule has 0 atom stereocenters. The molecule has 0 saturated carbocycles. The van der Waals surface area contributed by atoms with E-state index in [1.165, 1.54) is 12.1 Å². The van der Waals surface area contributed by atoms with Crippen LogP contribution in [0.3, 0.4) is 0 Å². The molecular weight excluding hydrogens is 204 g/mol. The first-order chi connectivity index (χ1) is 6.66. The number of anilines is 1. The molecule has 0 saturated heterocycles. The standard InChI is InChI=1S/C10H13F2NS/c1-7-3-4-8(11)10(9(7)12)13-5-6-14-2/h3-4,13H,5-6H2,1-2H3. The highest BCUT2D eigenvalue weighted by molar-refractivity contribution is 7.98. The maximum Gasteiger partial charge on any atom is 0.152 e. The molecule has 1 rings (SSSR count). The van der Waals surface area contributed by atoms with Gasteiger partial charge in [0.2, 0.25) is 0 Å². The minimum Gasteiger partial charge on any atom is -0.379 e. The summed E-state index contributed by atoms with van der Waals surface area (Å²) in [6, 6.07) is 2.71. The molecule has 0 heterocycles. The first kappa shape index (κ1) is 11.3. The zero-order valence-electron chi connectivity index (χ0n) is 8.23. The van der Waals surface area contributed by atoms with Crippen LogP contribution in [0.15, 0.2) is 12.1 Å². The van der Waals surface area contributed by atoms with E-state index >= 15 is 0 Å². The van der Waals surface area contributed by atoms with Crippen LogP contribution in [0.1, 0.15) is 5.56 Å². The molecule has 4 heteroatoms. The summed E-state index contributed by atoms with van der Waals surface area (Å²) in [7, 11) is 0. The van der Waals surface area contributed by atoms with Gasteiger partial charge in [-0.15, -0.1) is 0 Å². The Labute approximate surface area is 86.9 Å². The average Bonchev–Trinajstić information content (AvgIpc) is 2.18. The van der Waals surface area contributed by atoms with Crippen LogP contribution in [0.4, 0.5) is 14.5 Å². The van der Waals surface area contributed by atoms with E-state index in [0.717, 1.165) is 5.75 Å². The summed E-state index contributed by atoms with van der Waals surface area (Å²) in [4.78, 5) is 0. The molecule has 1 aromatic carbocycles. The number of aryl methyl sites for hydroxylation is 1. The van der Waals surface area contributed by atoms with Gasteiger partial charge in [0.05, 0.1) is 0 Å². The average molecular weight is 217 g/mol. The topological polar surface area (TPSA) is 12.0 Å². The number of benzene rings is 1. The summed E-state index contributed by atoms with van der Waals surface area (Å²) >= 11 is 1.63. The van der Waals surface area contributed by atoms with Gasteiger partial charge in [-0.25, -0.2) is 8.78 Å². The lowest BCUT2D eigenvalue weighted by Crippen LogP contribution is -2.08. The highest BCUT2D eigenvalue weighted by atomic mass is 32.2. The maximum absolute atomic E-state index is 13.4. The molecule has 0 bridgehead atoms. The lowest BCUT2D eigenvalue weighted by molar-refractivity contribution is 0.583. The van der Waals surface area contributed by atoms with Gasteiger partial charge in [-0.05, 0) is 24.8 Å². The second-order valence-electron chi connectivity index (χ2n) is 2.97. The normalized spacial score (nSPS) is 10.3. The molecule has 0 aliphatic heterocycles. The van der Waals surface area contributed by atoms with E-state index in [9.17, 15) is 8.78 Å². The highest BCUT2D eigenvalue weighted by Crippen LogP contribution is 2.21. The van der Waals surface area contributed by atoms with Crippen molar-refractivity contribution >= 4 is 17.4 Å². The molecule has 14 heavy (non-hydrogen) atoms. The first-order valence-corrected chi connectivity index (χ1v) is 5.73. The van der Waals surface area contributed by atoms with Gasteiger partial charge in [0.25, 0.3) is 0 Å². The van der Waals surface area contributed by atoms with Crippen LogP contribution in [-0.4, -0.2) is 18.6 Å². The molecule has 0 spiro atoms. The lowest BCUT2D eigenvalue weighted by Gasteiger charge is -2.09. The molecule has 1 nitrogen and oxygen atoms in total. The Morgan fingerprint density at radius 3 is 2.71 bits per heavy atom. The largest absolute Gasteiger partial charge is 0.379 e. The Bertz CT molecular complexity index is 315. The number of nitrogens with one attached hydrogen (secondary N) is 1. The van der Waals surface area contributed by atoms with Crippen LogP contribution in [0.2, 0.25) is 0 Å². The quantitative estimate of drug-likeness (QED) is 0.778. The lowest BCUT2D eigenvalue weighted by atomic mass is 10.2. The Morgan fingerprint density at radius 1 is 1.36 bits per heavy atom. The molecule has 0 aliphatic carbocycles. The van der Waals surface area contributed by atoms with Crippen LogP contribution in [0.5, 0.6) is 0 Å². The van der Waals surface area contributed by atoms with Gasteiger partial charge < -0.3 is 5.32 Å². The van der Waals surface area contributed by atoms with E-state index in [1.807, 2.05) is 6.26 Å². The van der Waals surface area contributed by atoms with Crippen LogP contribution >= 0.6 is 11.8 Å². The van der Waals surface area contributed by atoms with Crippen molar-refractivity contribution in [3.63, 3.8) is 0 Å². The third-order valence-corrected chi connectivity index (χ3v) is 2.50. The van der Waals surface area contributed by atoms with Crippen molar-refractivity contribution in [3.8, 4) is 0 Å². The molecule has 0 aliphatic rings. The minimum absolute atomic E-state index is 0.0148. The molecule has 1 N–H and O–H groups in total. The molecule has 0 fully saturated rings. The van der Waals surface area contributed by atoms with E-state index < -0.39 is 11.6 Å². The number of hydrogen-bond acceptors (Lipinski definition) is 2. The SMILES string of the molecule is CSCCNc1c(F)ccc(C)c1F. The molecule has 0 radical (unpaired) electrons. The fraction of sp³-hybridized carbons (Fsp3) is 0.400. The summed E-state index contributed by atoms with van der Waals surface area (Å²) in [6.45, 7) is 2.19. The summed E-state index contributed by atoms with van der Waals surface area (Å²) in [5, 5.41) is 2.75. The van der Waals surface area contributed by atoms with Crippen molar-refractivity contribution in [3.05, 3.63) is 29.3 Å². The van der Waals surface area contributed by atoms with Crippen LogP contribution in [0.25, 0.3) is 0 Å². The van der Waals surface area contributed by atoms with Gasteiger partial charge in [-0.2, -0.15) is 11.8 Å². The molecule has 1 aromatic rings. The molecule has 0 unspecified atom stereocenters. The zero-order valence-corrected chi connectivity index (χ0v) is 9.05. The summed E-state index contributed by atoms with van der Waals surface area (Å²) in [5.41, 5.74) is 0.442. The molecule has 0 aromatic heterocycles. The summed E-state index contributed by atoms with van der Waals surface area (Å²) < 4.78 is 26.5. The van der Waals surface area contributed by atoms with Gasteiger partial charge >= 0.3 is 0 Å².